The Morgan fingerprint density at radius 3 is 2.78 bits per heavy atom. The molecule has 1 saturated heterocycles. The first-order chi connectivity index (χ1) is 13.2. The molecule has 3 aromatic rings. The Balaban J connectivity index is 1.46. The molecular weight excluding hydrogens is 340 g/mol. The summed E-state index contributed by atoms with van der Waals surface area (Å²) < 4.78 is 7.32. The Morgan fingerprint density at radius 1 is 1.15 bits per heavy atom. The molecule has 1 N–H and O–H groups in total. The zero-order valence-electron chi connectivity index (χ0n) is 15.5. The van der Waals surface area contributed by atoms with E-state index in [0.717, 1.165) is 48.7 Å². The molecule has 0 radical (unpaired) electrons. The second-order valence-corrected chi connectivity index (χ2v) is 6.83. The van der Waals surface area contributed by atoms with Crippen molar-refractivity contribution < 1.29 is 9.53 Å². The van der Waals surface area contributed by atoms with E-state index in [1.807, 2.05) is 41.1 Å². The molecule has 0 unspecified atom stereocenters. The van der Waals surface area contributed by atoms with Crippen LogP contribution in [0.15, 0.2) is 48.7 Å². The third-order valence-corrected chi connectivity index (χ3v) is 4.98. The maximum atomic E-state index is 12.4. The van der Waals surface area contributed by atoms with Crippen LogP contribution in [0.2, 0.25) is 0 Å². The lowest BCUT2D eigenvalue weighted by molar-refractivity contribution is -0.121. The van der Waals surface area contributed by atoms with Crippen LogP contribution < -0.4 is 10.2 Å². The summed E-state index contributed by atoms with van der Waals surface area (Å²) in [6, 6.07) is 14.2. The molecule has 1 fully saturated rings. The van der Waals surface area contributed by atoms with Crippen LogP contribution in [-0.2, 0) is 22.6 Å². The maximum absolute atomic E-state index is 12.4. The van der Waals surface area contributed by atoms with Gasteiger partial charge < -0.3 is 19.5 Å². The number of carbonyl (C=O) groups excluding carboxylic acids is 1. The topological polar surface area (TPSA) is 59.4 Å². The van der Waals surface area contributed by atoms with E-state index in [2.05, 4.69) is 29.3 Å². The van der Waals surface area contributed by atoms with Crippen LogP contribution in [0.4, 0.5) is 5.82 Å². The summed E-state index contributed by atoms with van der Waals surface area (Å²) in [6.07, 6.45) is 1.92. The van der Waals surface area contributed by atoms with Gasteiger partial charge in [0.15, 0.2) is 0 Å². The first kappa shape index (κ1) is 17.5. The number of hydrogen-bond acceptors (Lipinski definition) is 4. The van der Waals surface area contributed by atoms with Crippen LogP contribution in [0.25, 0.3) is 11.0 Å². The van der Waals surface area contributed by atoms with Crippen molar-refractivity contribution in [3.8, 4) is 0 Å². The predicted molar refractivity (Wildman–Crippen MR) is 106 cm³/mol. The largest absolute Gasteiger partial charge is 0.378 e. The molecular formula is C21H24N4O2. The molecule has 1 amide bonds. The molecule has 6 nitrogen and oxygen atoms in total. The Kier molecular flexibility index (Phi) is 5.07. The molecule has 0 saturated carbocycles. The Morgan fingerprint density at radius 2 is 1.96 bits per heavy atom. The number of amides is 1. The molecule has 27 heavy (non-hydrogen) atoms. The highest BCUT2D eigenvalue weighted by molar-refractivity contribution is 5.82. The molecule has 4 rings (SSSR count). The summed E-state index contributed by atoms with van der Waals surface area (Å²) in [6.45, 7) is 5.99. The number of hydrogen-bond donors (Lipinski definition) is 1. The summed E-state index contributed by atoms with van der Waals surface area (Å²) in [5.41, 5.74) is 3.15. The molecule has 1 aliphatic rings. The number of morpholine rings is 1. The molecule has 0 spiro atoms. The number of rotatable bonds is 5. The number of ether oxygens (including phenoxy) is 1. The van der Waals surface area contributed by atoms with Crippen LogP contribution in [0.3, 0.4) is 0 Å². The van der Waals surface area contributed by atoms with Crippen LogP contribution in [0, 0.1) is 6.92 Å². The summed E-state index contributed by atoms with van der Waals surface area (Å²) in [5.74, 6) is 0.917. The lowest BCUT2D eigenvalue weighted by atomic mass is 10.1. The fourth-order valence-corrected chi connectivity index (χ4v) is 3.36. The fraction of sp³-hybridized carbons (Fsp3) is 0.333. The fourth-order valence-electron chi connectivity index (χ4n) is 3.36. The van der Waals surface area contributed by atoms with Gasteiger partial charge in [0, 0.05) is 31.2 Å². The van der Waals surface area contributed by atoms with Gasteiger partial charge in [-0.2, -0.15) is 0 Å². The highest BCUT2D eigenvalue weighted by atomic mass is 16.5. The van der Waals surface area contributed by atoms with E-state index in [9.17, 15) is 4.79 Å². The molecule has 0 atom stereocenters. The standard InChI is InChI=1S/C21H24N4O2/c1-16-4-2-3-5-18(16)14-22-20(26)15-25-9-8-17-6-7-19(23-21(17)25)24-10-12-27-13-11-24/h2-9H,10-15H2,1H3,(H,22,26). The predicted octanol–water partition coefficient (Wildman–Crippen LogP) is 2.50. The number of benzene rings is 1. The summed E-state index contributed by atoms with van der Waals surface area (Å²) in [5, 5.41) is 4.05. The van der Waals surface area contributed by atoms with Gasteiger partial charge >= 0.3 is 0 Å². The summed E-state index contributed by atoms with van der Waals surface area (Å²) >= 11 is 0. The number of fused-ring (bicyclic) bond motifs is 1. The van der Waals surface area contributed by atoms with E-state index in [4.69, 9.17) is 9.72 Å². The van der Waals surface area contributed by atoms with Crippen LogP contribution in [0.5, 0.6) is 0 Å². The lowest BCUT2D eigenvalue weighted by Gasteiger charge is -2.27. The van der Waals surface area contributed by atoms with Gasteiger partial charge in [0.05, 0.1) is 13.2 Å². The third kappa shape index (κ3) is 3.95. The van der Waals surface area contributed by atoms with Gasteiger partial charge in [0.25, 0.3) is 0 Å². The first-order valence-electron chi connectivity index (χ1n) is 9.30. The number of anilines is 1. The molecule has 0 aliphatic carbocycles. The molecule has 1 aromatic carbocycles. The van der Waals surface area contributed by atoms with Gasteiger partial charge in [-0.25, -0.2) is 4.98 Å². The third-order valence-electron chi connectivity index (χ3n) is 4.98. The van der Waals surface area contributed by atoms with Crippen molar-refractivity contribution in [2.24, 2.45) is 0 Å². The van der Waals surface area contributed by atoms with E-state index in [1.54, 1.807) is 0 Å². The number of aryl methyl sites for hydroxylation is 1. The van der Waals surface area contributed by atoms with Crippen molar-refractivity contribution in [3.05, 3.63) is 59.8 Å². The van der Waals surface area contributed by atoms with Crippen molar-refractivity contribution in [2.45, 2.75) is 20.0 Å². The minimum atomic E-state index is -0.0191. The SMILES string of the molecule is Cc1ccccc1CNC(=O)Cn1ccc2ccc(N3CCOCC3)nc21. The van der Waals surface area contributed by atoms with Gasteiger partial charge in [-0.3, -0.25) is 4.79 Å². The average Bonchev–Trinajstić information content (AvgIpc) is 3.10. The number of nitrogens with one attached hydrogen (secondary N) is 1. The average molecular weight is 364 g/mol. The van der Waals surface area contributed by atoms with E-state index in [-0.39, 0.29) is 12.5 Å². The molecule has 2 aromatic heterocycles. The van der Waals surface area contributed by atoms with Crippen molar-refractivity contribution in [1.82, 2.24) is 14.9 Å². The van der Waals surface area contributed by atoms with E-state index in [0.29, 0.717) is 6.54 Å². The maximum Gasteiger partial charge on any atom is 0.240 e. The van der Waals surface area contributed by atoms with Crippen molar-refractivity contribution >= 4 is 22.8 Å². The monoisotopic (exact) mass is 364 g/mol. The summed E-state index contributed by atoms with van der Waals surface area (Å²) in [7, 11) is 0. The molecule has 140 valence electrons. The van der Waals surface area contributed by atoms with Crippen molar-refractivity contribution in [3.63, 3.8) is 0 Å². The van der Waals surface area contributed by atoms with Gasteiger partial charge in [-0.15, -0.1) is 0 Å². The minimum Gasteiger partial charge on any atom is -0.378 e. The highest BCUT2D eigenvalue weighted by Crippen LogP contribution is 2.20. The highest BCUT2D eigenvalue weighted by Gasteiger charge is 2.14. The Labute approximate surface area is 158 Å². The lowest BCUT2D eigenvalue weighted by Crippen LogP contribution is -2.36. The van der Waals surface area contributed by atoms with Gasteiger partial charge in [-0.05, 0) is 36.2 Å². The van der Waals surface area contributed by atoms with Crippen LogP contribution in [0.1, 0.15) is 11.1 Å². The number of carbonyl (C=O) groups is 1. The number of pyridine rings is 1. The first-order valence-corrected chi connectivity index (χ1v) is 9.30. The van der Waals surface area contributed by atoms with Gasteiger partial charge in [0.1, 0.15) is 18.0 Å². The smallest absolute Gasteiger partial charge is 0.240 e. The van der Waals surface area contributed by atoms with E-state index in [1.165, 1.54) is 5.56 Å². The number of nitrogens with zero attached hydrogens (tertiary/aromatic N) is 3. The van der Waals surface area contributed by atoms with Gasteiger partial charge in [0.2, 0.25) is 5.91 Å². The van der Waals surface area contributed by atoms with Crippen molar-refractivity contribution in [1.29, 1.82) is 0 Å². The Bertz CT molecular complexity index is 944. The quantitative estimate of drug-likeness (QED) is 0.756. The molecule has 1 aliphatic heterocycles. The molecule has 6 heteroatoms. The number of aromatic nitrogens is 2. The second kappa shape index (κ2) is 7.80. The summed E-state index contributed by atoms with van der Waals surface area (Å²) in [4.78, 5) is 19.5. The van der Waals surface area contributed by atoms with Gasteiger partial charge in [-0.1, -0.05) is 24.3 Å². The zero-order valence-corrected chi connectivity index (χ0v) is 15.5. The van der Waals surface area contributed by atoms with Crippen molar-refractivity contribution in [2.75, 3.05) is 31.2 Å². The van der Waals surface area contributed by atoms with E-state index < -0.39 is 0 Å². The minimum absolute atomic E-state index is 0.0191. The van der Waals surface area contributed by atoms with E-state index >= 15 is 0 Å². The van der Waals surface area contributed by atoms with Crippen LogP contribution >= 0.6 is 0 Å². The zero-order chi connectivity index (χ0) is 18.6. The molecule has 3 heterocycles. The second-order valence-electron chi connectivity index (χ2n) is 6.83. The molecule has 0 bridgehead atoms. The van der Waals surface area contributed by atoms with Crippen LogP contribution in [-0.4, -0.2) is 41.8 Å². The normalized spacial score (nSPS) is 14.5. The Hall–Kier alpha value is -2.86.